The molecule has 12 heavy (non-hydrogen) atoms. The molecule has 0 rings (SSSR count). The first-order chi connectivity index (χ1) is 5.45. The maximum absolute atomic E-state index is 10.4. The lowest BCUT2D eigenvalue weighted by molar-refractivity contribution is 0.0852. The minimum Gasteiger partial charge on any atom is -0.434 e. The van der Waals surface area contributed by atoms with E-state index in [0.29, 0.717) is 6.42 Å². The number of phosphoric ester groups is 1. The fraction of sp³-hybridized carbons (Fsp3) is 0.800. The molecule has 0 aliphatic heterocycles. The van der Waals surface area contributed by atoms with E-state index in [0.717, 1.165) is 6.42 Å². The van der Waals surface area contributed by atoms with Gasteiger partial charge in [-0.15, -0.1) is 0 Å². The average Bonchev–Trinajstić information content (AvgIpc) is 1.84. The topological polar surface area (TPSA) is 93.1 Å². The molecule has 0 aromatic rings. The SMILES string of the molecule is CCCCOC(=O)OP(=O)(O)O. The van der Waals surface area contributed by atoms with Gasteiger partial charge in [-0.05, 0) is 6.42 Å². The molecule has 7 heteroatoms. The second-order valence-corrected chi connectivity index (χ2v) is 3.20. The molecule has 0 bridgehead atoms. The lowest BCUT2D eigenvalue weighted by atomic mass is 10.4. The zero-order valence-corrected chi connectivity index (χ0v) is 7.49. The summed E-state index contributed by atoms with van der Waals surface area (Å²) in [6.45, 7) is 1.99. The minimum atomic E-state index is -4.75. The van der Waals surface area contributed by atoms with Gasteiger partial charge in [-0.2, -0.15) is 0 Å². The molecule has 2 N–H and O–H groups in total. The van der Waals surface area contributed by atoms with Gasteiger partial charge < -0.3 is 9.26 Å². The highest BCUT2D eigenvalue weighted by molar-refractivity contribution is 7.46. The highest BCUT2D eigenvalue weighted by Crippen LogP contribution is 2.36. The molecule has 0 aromatic heterocycles. The first kappa shape index (κ1) is 11.4. The minimum absolute atomic E-state index is 0.106. The van der Waals surface area contributed by atoms with Crippen LogP contribution < -0.4 is 0 Å². The Morgan fingerprint density at radius 1 is 1.50 bits per heavy atom. The third-order valence-corrected chi connectivity index (χ3v) is 1.30. The van der Waals surface area contributed by atoms with E-state index < -0.39 is 14.0 Å². The van der Waals surface area contributed by atoms with Crippen LogP contribution in [-0.4, -0.2) is 22.5 Å². The van der Waals surface area contributed by atoms with Gasteiger partial charge in [0.2, 0.25) is 0 Å². The van der Waals surface area contributed by atoms with Crippen molar-refractivity contribution < 1.29 is 28.4 Å². The van der Waals surface area contributed by atoms with E-state index in [4.69, 9.17) is 9.79 Å². The van der Waals surface area contributed by atoms with Crippen LogP contribution in [0, 0.1) is 0 Å². The Bertz CT molecular complexity index is 184. The molecule has 0 spiro atoms. The van der Waals surface area contributed by atoms with Gasteiger partial charge in [0.1, 0.15) is 0 Å². The van der Waals surface area contributed by atoms with Crippen LogP contribution >= 0.6 is 7.82 Å². The van der Waals surface area contributed by atoms with Crippen molar-refractivity contribution >= 4 is 14.0 Å². The van der Waals surface area contributed by atoms with Gasteiger partial charge in [-0.25, -0.2) is 9.36 Å². The molecule has 0 aliphatic rings. The van der Waals surface area contributed by atoms with Crippen LogP contribution in [0.25, 0.3) is 0 Å². The van der Waals surface area contributed by atoms with Crippen LogP contribution in [0.2, 0.25) is 0 Å². The van der Waals surface area contributed by atoms with Gasteiger partial charge in [0.25, 0.3) is 0 Å². The number of carbonyl (C=O) groups is 1. The number of phosphoric acid groups is 1. The molecule has 6 nitrogen and oxygen atoms in total. The second-order valence-electron chi connectivity index (χ2n) is 2.03. The van der Waals surface area contributed by atoms with Crippen LogP contribution in [0.1, 0.15) is 19.8 Å². The summed E-state index contributed by atoms with van der Waals surface area (Å²) in [5.41, 5.74) is 0. The fourth-order valence-electron chi connectivity index (χ4n) is 0.423. The third kappa shape index (κ3) is 7.53. The predicted octanol–water partition coefficient (Wildman–Crippen LogP) is 1.03. The summed E-state index contributed by atoms with van der Waals surface area (Å²) in [5, 5.41) is 0. The van der Waals surface area contributed by atoms with Crippen LogP contribution in [0.3, 0.4) is 0 Å². The van der Waals surface area contributed by atoms with Crippen molar-refractivity contribution in [2.75, 3.05) is 6.61 Å². The Morgan fingerprint density at radius 2 is 2.08 bits per heavy atom. The number of rotatable bonds is 4. The Labute approximate surface area is 69.7 Å². The fourth-order valence-corrected chi connectivity index (χ4v) is 0.670. The smallest absolute Gasteiger partial charge is 0.434 e. The zero-order valence-electron chi connectivity index (χ0n) is 6.60. The predicted molar refractivity (Wildman–Crippen MR) is 39.4 cm³/mol. The van der Waals surface area contributed by atoms with Crippen LogP contribution in [-0.2, 0) is 13.8 Å². The lowest BCUT2D eigenvalue weighted by Crippen LogP contribution is -2.06. The van der Waals surface area contributed by atoms with Crippen molar-refractivity contribution in [3.63, 3.8) is 0 Å². The summed E-state index contributed by atoms with van der Waals surface area (Å²) in [6, 6.07) is 0. The van der Waals surface area contributed by atoms with E-state index >= 15 is 0 Å². The number of unbranched alkanes of at least 4 members (excludes halogenated alkanes) is 1. The summed E-state index contributed by atoms with van der Waals surface area (Å²) in [6.07, 6.45) is 0.121. The van der Waals surface area contributed by atoms with E-state index in [1.54, 1.807) is 0 Å². The van der Waals surface area contributed by atoms with E-state index in [1.165, 1.54) is 0 Å². The zero-order chi connectivity index (χ0) is 9.61. The van der Waals surface area contributed by atoms with Gasteiger partial charge in [0, 0.05) is 0 Å². The molecule has 0 saturated heterocycles. The molecular weight excluding hydrogens is 187 g/mol. The molecule has 0 aromatic carbocycles. The highest BCUT2D eigenvalue weighted by Gasteiger charge is 2.21. The molecule has 0 atom stereocenters. The summed E-state index contributed by atoms with van der Waals surface area (Å²) in [4.78, 5) is 26.7. The van der Waals surface area contributed by atoms with Crippen molar-refractivity contribution in [3.05, 3.63) is 0 Å². The van der Waals surface area contributed by atoms with Crippen LogP contribution in [0.15, 0.2) is 0 Å². The van der Waals surface area contributed by atoms with Crippen molar-refractivity contribution in [2.45, 2.75) is 19.8 Å². The van der Waals surface area contributed by atoms with E-state index in [-0.39, 0.29) is 6.61 Å². The molecule has 0 radical (unpaired) electrons. The quantitative estimate of drug-likeness (QED) is 0.398. The highest BCUT2D eigenvalue weighted by atomic mass is 31.2. The first-order valence-corrected chi connectivity index (χ1v) is 4.90. The lowest BCUT2D eigenvalue weighted by Gasteiger charge is -2.04. The van der Waals surface area contributed by atoms with Gasteiger partial charge in [-0.1, -0.05) is 13.3 Å². The molecule has 0 heterocycles. The van der Waals surface area contributed by atoms with Crippen LogP contribution in [0.4, 0.5) is 4.79 Å². The summed E-state index contributed by atoms with van der Waals surface area (Å²) >= 11 is 0. The number of hydrogen-bond acceptors (Lipinski definition) is 4. The maximum Gasteiger partial charge on any atom is 0.529 e. The van der Waals surface area contributed by atoms with Crippen molar-refractivity contribution in [3.8, 4) is 0 Å². The van der Waals surface area contributed by atoms with Gasteiger partial charge >= 0.3 is 14.0 Å². The summed E-state index contributed by atoms with van der Waals surface area (Å²) in [5.74, 6) is 0. The van der Waals surface area contributed by atoms with Gasteiger partial charge in [0.15, 0.2) is 0 Å². The van der Waals surface area contributed by atoms with E-state index in [1.807, 2.05) is 6.92 Å². The largest absolute Gasteiger partial charge is 0.529 e. The van der Waals surface area contributed by atoms with Crippen LogP contribution in [0.5, 0.6) is 0 Å². The Kier molecular flexibility index (Phi) is 4.89. The molecule has 0 saturated carbocycles. The third-order valence-electron chi connectivity index (χ3n) is 0.911. The first-order valence-electron chi connectivity index (χ1n) is 3.37. The number of ether oxygens (including phenoxy) is 1. The van der Waals surface area contributed by atoms with Gasteiger partial charge in [-0.3, -0.25) is 9.79 Å². The molecule has 0 aliphatic carbocycles. The molecule has 72 valence electrons. The Balaban J connectivity index is 3.54. The summed E-state index contributed by atoms with van der Waals surface area (Å²) in [7, 11) is -4.75. The van der Waals surface area contributed by atoms with Gasteiger partial charge in [0.05, 0.1) is 6.61 Å². The van der Waals surface area contributed by atoms with E-state index in [2.05, 4.69) is 9.26 Å². The monoisotopic (exact) mass is 198 g/mol. The normalized spacial score (nSPS) is 10.9. The van der Waals surface area contributed by atoms with E-state index in [9.17, 15) is 9.36 Å². The Morgan fingerprint density at radius 3 is 2.50 bits per heavy atom. The second kappa shape index (κ2) is 5.13. The molecule has 0 fully saturated rings. The number of hydrogen-bond donors (Lipinski definition) is 2. The number of carbonyl (C=O) groups excluding carboxylic acids is 1. The molecule has 0 amide bonds. The van der Waals surface area contributed by atoms with Crippen molar-refractivity contribution in [2.24, 2.45) is 0 Å². The average molecular weight is 198 g/mol. The Hall–Kier alpha value is -0.580. The van der Waals surface area contributed by atoms with Crippen molar-refractivity contribution in [1.29, 1.82) is 0 Å². The maximum atomic E-state index is 10.4. The van der Waals surface area contributed by atoms with Crippen molar-refractivity contribution in [1.82, 2.24) is 0 Å². The molecule has 0 unspecified atom stereocenters. The molecular formula is C5H11O6P. The summed E-state index contributed by atoms with van der Waals surface area (Å²) < 4.78 is 17.9. The standard InChI is InChI=1S/C5H11O6P/c1-2-3-4-10-5(6)11-12(7,8)9/h2-4H2,1H3,(H2,7,8,9).